The molecule has 158 valence electrons. The van der Waals surface area contributed by atoms with Crippen molar-refractivity contribution < 1.29 is 13.2 Å². The van der Waals surface area contributed by atoms with Crippen LogP contribution in [0, 0.1) is 0 Å². The summed E-state index contributed by atoms with van der Waals surface area (Å²) in [5.41, 5.74) is 5.04. The average molecular weight is 454 g/mol. The Balaban J connectivity index is 1.60. The second-order valence-corrected chi connectivity index (χ2v) is 8.75. The third kappa shape index (κ3) is 6.53. The minimum Gasteiger partial charge on any atom is -0.280 e. The number of nitrogens with zero attached hydrogens (tertiary/aromatic N) is 1. The van der Waals surface area contributed by atoms with Crippen LogP contribution in [0.5, 0.6) is 0 Å². The highest BCUT2D eigenvalue weighted by atomic mass is 35.5. The van der Waals surface area contributed by atoms with Crippen LogP contribution in [0.4, 0.5) is 5.69 Å². The number of allylic oxidation sites excluding steroid dienone is 1. The smallest absolute Gasteiger partial charge is 0.271 e. The van der Waals surface area contributed by atoms with Crippen LogP contribution in [0.3, 0.4) is 0 Å². The lowest BCUT2D eigenvalue weighted by atomic mass is 10.1. The minimum atomic E-state index is -3.75. The number of hydrogen-bond acceptors (Lipinski definition) is 4. The molecule has 0 saturated carbocycles. The number of amides is 1. The topological polar surface area (TPSA) is 87.6 Å². The van der Waals surface area contributed by atoms with Gasteiger partial charge in [0.25, 0.3) is 15.9 Å². The highest BCUT2D eigenvalue weighted by Crippen LogP contribution is 2.18. The van der Waals surface area contributed by atoms with E-state index in [9.17, 15) is 13.2 Å². The minimum absolute atomic E-state index is 0.0898. The lowest BCUT2D eigenvalue weighted by Crippen LogP contribution is -2.18. The summed E-state index contributed by atoms with van der Waals surface area (Å²) in [7, 11) is -3.75. The van der Waals surface area contributed by atoms with Gasteiger partial charge < -0.3 is 0 Å². The Kier molecular flexibility index (Phi) is 7.23. The zero-order valence-electron chi connectivity index (χ0n) is 16.6. The summed E-state index contributed by atoms with van der Waals surface area (Å²) in [5.74, 6) is -0.407. The normalized spacial score (nSPS) is 12.0. The van der Waals surface area contributed by atoms with Crippen molar-refractivity contribution in [2.24, 2.45) is 5.10 Å². The number of anilines is 1. The Morgan fingerprint density at radius 3 is 2.23 bits per heavy atom. The number of rotatable bonds is 7. The lowest BCUT2D eigenvalue weighted by molar-refractivity contribution is 0.0955. The number of nitrogens with one attached hydrogen (secondary N) is 2. The molecular weight excluding hydrogens is 434 g/mol. The molecule has 0 saturated heterocycles. The predicted molar refractivity (Wildman–Crippen MR) is 125 cm³/mol. The molecule has 1 amide bonds. The number of hydrogen-bond donors (Lipinski definition) is 2. The summed E-state index contributed by atoms with van der Waals surface area (Å²) < 4.78 is 27.3. The van der Waals surface area contributed by atoms with Gasteiger partial charge in [0, 0.05) is 16.3 Å². The molecule has 0 aromatic heterocycles. The van der Waals surface area contributed by atoms with Crippen LogP contribution < -0.4 is 10.1 Å². The molecule has 0 spiro atoms. The van der Waals surface area contributed by atoms with E-state index in [1.807, 2.05) is 43.3 Å². The van der Waals surface area contributed by atoms with Gasteiger partial charge in [-0.15, -0.1) is 0 Å². The van der Waals surface area contributed by atoms with E-state index in [0.29, 0.717) is 16.3 Å². The second-order valence-electron chi connectivity index (χ2n) is 6.63. The van der Waals surface area contributed by atoms with Crippen molar-refractivity contribution in [3.63, 3.8) is 0 Å². The molecule has 0 atom stereocenters. The molecule has 0 fully saturated rings. The lowest BCUT2D eigenvalue weighted by Gasteiger charge is -2.08. The number of halogens is 1. The number of sulfonamides is 1. The van der Waals surface area contributed by atoms with E-state index in [1.54, 1.807) is 6.21 Å². The van der Waals surface area contributed by atoms with Gasteiger partial charge in [0.15, 0.2) is 0 Å². The van der Waals surface area contributed by atoms with Crippen molar-refractivity contribution >= 4 is 45.5 Å². The molecule has 6 nitrogen and oxygen atoms in total. The molecule has 0 unspecified atom stereocenters. The van der Waals surface area contributed by atoms with Crippen LogP contribution >= 0.6 is 11.6 Å². The Morgan fingerprint density at radius 1 is 0.935 bits per heavy atom. The molecule has 0 radical (unpaired) electrons. The molecule has 0 aliphatic rings. The maximum absolute atomic E-state index is 12.4. The molecule has 8 heteroatoms. The van der Waals surface area contributed by atoms with Gasteiger partial charge in [0.2, 0.25) is 0 Å². The number of carbonyl (C=O) groups excluding carboxylic acids is 1. The average Bonchev–Trinajstić information content (AvgIpc) is 2.75. The van der Waals surface area contributed by atoms with E-state index >= 15 is 0 Å². The fourth-order valence-corrected chi connectivity index (χ4v) is 3.81. The summed E-state index contributed by atoms with van der Waals surface area (Å²) in [6.45, 7) is 1.88. The zero-order chi connectivity index (χ0) is 22.3. The van der Waals surface area contributed by atoms with Crippen LogP contribution in [0.15, 0.2) is 94.4 Å². The fraction of sp³-hybridized carbons (Fsp3) is 0.0435. The standard InChI is InChI=1S/C23H20ClN3O3S/c1-17(15-18-5-3-2-4-6-18)16-25-26-23(28)19-7-11-21(12-8-19)27-31(29,30)22-13-9-20(24)10-14-22/h2-16,27H,1H3,(H,26,28)/b17-15-,25-16-. The molecule has 0 aliphatic heterocycles. The van der Waals surface area contributed by atoms with Crippen LogP contribution in [0.25, 0.3) is 6.08 Å². The quantitative estimate of drug-likeness (QED) is 0.391. The van der Waals surface area contributed by atoms with Crippen LogP contribution in [-0.2, 0) is 10.0 Å². The van der Waals surface area contributed by atoms with Crippen molar-refractivity contribution in [3.05, 3.63) is 101 Å². The third-order valence-electron chi connectivity index (χ3n) is 4.15. The van der Waals surface area contributed by atoms with Crippen molar-refractivity contribution in [2.45, 2.75) is 11.8 Å². The largest absolute Gasteiger partial charge is 0.280 e. The summed E-state index contributed by atoms with van der Waals surface area (Å²) in [6, 6.07) is 21.6. The van der Waals surface area contributed by atoms with Gasteiger partial charge in [-0.3, -0.25) is 9.52 Å². The summed E-state index contributed by atoms with van der Waals surface area (Å²) >= 11 is 5.79. The van der Waals surface area contributed by atoms with Gasteiger partial charge in [-0.25, -0.2) is 13.8 Å². The maximum Gasteiger partial charge on any atom is 0.271 e. The highest BCUT2D eigenvalue weighted by Gasteiger charge is 2.14. The monoisotopic (exact) mass is 453 g/mol. The molecule has 3 aromatic rings. The van der Waals surface area contributed by atoms with Crippen LogP contribution in [0.1, 0.15) is 22.8 Å². The molecule has 3 aromatic carbocycles. The van der Waals surface area contributed by atoms with Gasteiger partial charge in [-0.1, -0.05) is 48.0 Å². The fourth-order valence-electron chi connectivity index (χ4n) is 2.62. The van der Waals surface area contributed by atoms with Crippen molar-refractivity contribution in [3.8, 4) is 0 Å². The highest BCUT2D eigenvalue weighted by molar-refractivity contribution is 7.92. The van der Waals surface area contributed by atoms with E-state index in [2.05, 4.69) is 15.2 Å². The van der Waals surface area contributed by atoms with E-state index in [1.165, 1.54) is 48.5 Å². The first-order valence-corrected chi connectivity index (χ1v) is 11.1. The number of benzene rings is 3. The number of hydrazone groups is 1. The van der Waals surface area contributed by atoms with Crippen molar-refractivity contribution in [2.75, 3.05) is 4.72 Å². The Bertz CT molecular complexity index is 1210. The van der Waals surface area contributed by atoms with E-state index in [4.69, 9.17) is 11.6 Å². The molecule has 31 heavy (non-hydrogen) atoms. The summed E-state index contributed by atoms with van der Waals surface area (Å²) in [4.78, 5) is 12.3. The van der Waals surface area contributed by atoms with Crippen molar-refractivity contribution in [1.29, 1.82) is 0 Å². The van der Waals surface area contributed by atoms with Crippen LogP contribution in [0.2, 0.25) is 5.02 Å². The van der Waals surface area contributed by atoms with Crippen LogP contribution in [-0.4, -0.2) is 20.5 Å². The Labute approximate surface area is 186 Å². The SMILES string of the molecule is CC(/C=N\NC(=O)c1ccc(NS(=O)(=O)c2ccc(Cl)cc2)cc1)=C/c1ccccc1. The Morgan fingerprint density at radius 2 is 1.58 bits per heavy atom. The Hall–Kier alpha value is -3.42. The van der Waals surface area contributed by atoms with E-state index in [-0.39, 0.29) is 4.90 Å². The molecule has 3 rings (SSSR count). The first-order chi connectivity index (χ1) is 14.8. The summed E-state index contributed by atoms with van der Waals surface area (Å²) in [6.07, 6.45) is 3.50. The first kappa shape index (κ1) is 22.3. The van der Waals surface area contributed by atoms with E-state index in [0.717, 1.165) is 11.1 Å². The van der Waals surface area contributed by atoms with Gasteiger partial charge in [-0.2, -0.15) is 5.10 Å². The van der Waals surface area contributed by atoms with Crippen molar-refractivity contribution in [1.82, 2.24) is 5.43 Å². The number of carbonyl (C=O) groups is 1. The molecule has 2 N–H and O–H groups in total. The maximum atomic E-state index is 12.4. The van der Waals surface area contributed by atoms with Gasteiger partial charge in [0.05, 0.1) is 11.1 Å². The van der Waals surface area contributed by atoms with E-state index < -0.39 is 15.9 Å². The summed E-state index contributed by atoms with van der Waals surface area (Å²) in [5, 5.41) is 4.40. The molecule has 0 heterocycles. The first-order valence-electron chi connectivity index (χ1n) is 9.29. The van der Waals surface area contributed by atoms with Gasteiger partial charge in [-0.05, 0) is 66.6 Å². The molecular formula is C23H20ClN3O3S. The van der Waals surface area contributed by atoms with Gasteiger partial charge in [0.1, 0.15) is 0 Å². The van der Waals surface area contributed by atoms with Gasteiger partial charge >= 0.3 is 0 Å². The molecule has 0 aliphatic carbocycles. The zero-order valence-corrected chi connectivity index (χ0v) is 18.2. The third-order valence-corrected chi connectivity index (χ3v) is 5.80. The molecule has 0 bridgehead atoms. The predicted octanol–water partition coefficient (Wildman–Crippen LogP) is 4.96. The second kappa shape index (κ2) is 10.1.